The Kier molecular flexibility index (Phi) is 7.78. The molecule has 0 aliphatic rings. The fourth-order valence-corrected chi connectivity index (χ4v) is 2.45. The van der Waals surface area contributed by atoms with E-state index in [1.165, 1.54) is 12.1 Å². The van der Waals surface area contributed by atoms with Gasteiger partial charge in [0.25, 0.3) is 0 Å². The van der Waals surface area contributed by atoms with Crippen molar-refractivity contribution in [3.8, 4) is 0 Å². The van der Waals surface area contributed by atoms with Crippen molar-refractivity contribution in [2.45, 2.75) is 38.8 Å². The second kappa shape index (κ2) is 9.07. The zero-order valence-electron chi connectivity index (χ0n) is 13.1. The fraction of sp³-hybridized carbons (Fsp3) is 0.625. The maximum Gasteiger partial charge on any atom is 0.126 e. The Labute approximate surface area is 126 Å². The van der Waals surface area contributed by atoms with E-state index in [0.717, 1.165) is 32.0 Å². The van der Waals surface area contributed by atoms with Gasteiger partial charge in [0.2, 0.25) is 0 Å². The van der Waals surface area contributed by atoms with Crippen molar-refractivity contribution in [1.29, 1.82) is 0 Å². The molecule has 0 amide bonds. The zero-order chi connectivity index (χ0) is 15.8. The molecule has 0 spiro atoms. The van der Waals surface area contributed by atoms with Crippen molar-refractivity contribution in [3.63, 3.8) is 0 Å². The Morgan fingerprint density at radius 1 is 1.14 bits per heavy atom. The lowest BCUT2D eigenvalue weighted by molar-refractivity contribution is 0.184. The summed E-state index contributed by atoms with van der Waals surface area (Å²) in [5.41, 5.74) is 0.626. The maximum atomic E-state index is 13.3. The first-order valence-electron chi connectivity index (χ1n) is 7.46. The van der Waals surface area contributed by atoms with Crippen molar-refractivity contribution in [1.82, 2.24) is 10.2 Å². The normalized spacial score (nSPS) is 13.1. The minimum Gasteiger partial charge on any atom is -0.396 e. The van der Waals surface area contributed by atoms with Crippen LogP contribution in [0.15, 0.2) is 18.2 Å². The smallest absolute Gasteiger partial charge is 0.126 e. The van der Waals surface area contributed by atoms with E-state index < -0.39 is 11.6 Å². The summed E-state index contributed by atoms with van der Waals surface area (Å²) >= 11 is 0. The Morgan fingerprint density at radius 2 is 1.76 bits per heavy atom. The summed E-state index contributed by atoms with van der Waals surface area (Å²) in [7, 11) is 1.79. The number of benzene rings is 1. The SMILES string of the molecule is CNC(CCN(CCCO)C(C)C)c1cc(F)cc(F)c1. The fourth-order valence-electron chi connectivity index (χ4n) is 2.45. The van der Waals surface area contributed by atoms with Gasteiger partial charge in [0.15, 0.2) is 0 Å². The summed E-state index contributed by atoms with van der Waals surface area (Å²) in [6, 6.07) is 3.91. The molecule has 0 bridgehead atoms. The van der Waals surface area contributed by atoms with Gasteiger partial charge in [-0.2, -0.15) is 0 Å². The van der Waals surface area contributed by atoms with E-state index >= 15 is 0 Å². The van der Waals surface area contributed by atoms with Crippen LogP contribution in [0.25, 0.3) is 0 Å². The summed E-state index contributed by atoms with van der Waals surface area (Å²) in [4.78, 5) is 2.26. The highest BCUT2D eigenvalue weighted by molar-refractivity contribution is 5.21. The van der Waals surface area contributed by atoms with E-state index in [4.69, 9.17) is 5.11 Å². The molecule has 21 heavy (non-hydrogen) atoms. The third kappa shape index (κ3) is 6.08. The topological polar surface area (TPSA) is 35.5 Å². The van der Waals surface area contributed by atoms with Crippen LogP contribution in [0.2, 0.25) is 0 Å². The van der Waals surface area contributed by atoms with E-state index in [-0.39, 0.29) is 12.6 Å². The molecule has 2 N–H and O–H groups in total. The van der Waals surface area contributed by atoms with Crippen LogP contribution in [-0.4, -0.2) is 42.8 Å². The highest BCUT2D eigenvalue weighted by Gasteiger charge is 2.15. The van der Waals surface area contributed by atoms with Crippen LogP contribution in [0.3, 0.4) is 0 Å². The van der Waals surface area contributed by atoms with Crippen molar-refractivity contribution in [2.75, 3.05) is 26.7 Å². The largest absolute Gasteiger partial charge is 0.396 e. The van der Waals surface area contributed by atoms with E-state index in [1.54, 1.807) is 7.05 Å². The first-order valence-corrected chi connectivity index (χ1v) is 7.46. The molecule has 0 heterocycles. The first kappa shape index (κ1) is 18.0. The second-order valence-electron chi connectivity index (χ2n) is 5.54. The first-order chi connectivity index (χ1) is 9.97. The molecular formula is C16H26F2N2O. The summed E-state index contributed by atoms with van der Waals surface area (Å²) in [5.74, 6) is -1.10. The average molecular weight is 300 g/mol. The van der Waals surface area contributed by atoms with E-state index in [9.17, 15) is 8.78 Å². The van der Waals surface area contributed by atoms with Gasteiger partial charge < -0.3 is 15.3 Å². The van der Waals surface area contributed by atoms with Crippen LogP contribution in [0, 0.1) is 11.6 Å². The molecule has 0 aliphatic carbocycles. The standard InChI is InChI=1S/C16H26F2N2O/c1-12(2)20(6-4-8-21)7-5-16(19-3)13-9-14(17)11-15(18)10-13/h9-12,16,19,21H,4-8H2,1-3H3. The van der Waals surface area contributed by atoms with E-state index in [1.807, 2.05) is 0 Å². The molecule has 0 aliphatic heterocycles. The highest BCUT2D eigenvalue weighted by atomic mass is 19.1. The van der Waals surface area contributed by atoms with Crippen LogP contribution in [0.4, 0.5) is 8.78 Å². The number of aliphatic hydroxyl groups is 1. The molecule has 0 aromatic heterocycles. The predicted octanol–water partition coefficient (Wildman–Crippen LogP) is 2.71. The number of nitrogens with zero attached hydrogens (tertiary/aromatic N) is 1. The minimum absolute atomic E-state index is 0.0921. The van der Waals surface area contributed by atoms with Crippen molar-refractivity contribution >= 4 is 0 Å². The van der Waals surface area contributed by atoms with E-state index in [2.05, 4.69) is 24.1 Å². The Morgan fingerprint density at radius 3 is 2.24 bits per heavy atom. The summed E-state index contributed by atoms with van der Waals surface area (Å²) in [6.45, 7) is 6.01. The molecule has 0 fully saturated rings. The van der Waals surface area contributed by atoms with Crippen molar-refractivity contribution < 1.29 is 13.9 Å². The second-order valence-corrected chi connectivity index (χ2v) is 5.54. The van der Waals surface area contributed by atoms with Crippen molar-refractivity contribution in [2.24, 2.45) is 0 Å². The average Bonchev–Trinajstić information content (AvgIpc) is 2.41. The zero-order valence-corrected chi connectivity index (χ0v) is 13.1. The quantitative estimate of drug-likeness (QED) is 0.736. The Bertz CT molecular complexity index is 406. The van der Waals surface area contributed by atoms with Gasteiger partial charge in [-0.15, -0.1) is 0 Å². The Hall–Kier alpha value is -1.04. The number of hydrogen-bond acceptors (Lipinski definition) is 3. The number of nitrogens with one attached hydrogen (secondary N) is 1. The van der Waals surface area contributed by atoms with Crippen LogP contribution in [0.5, 0.6) is 0 Å². The summed E-state index contributed by atoms with van der Waals surface area (Å²) in [6.07, 6.45) is 1.49. The molecule has 1 aromatic rings. The summed E-state index contributed by atoms with van der Waals surface area (Å²) in [5, 5.41) is 12.1. The van der Waals surface area contributed by atoms with Gasteiger partial charge in [-0.1, -0.05) is 0 Å². The molecular weight excluding hydrogens is 274 g/mol. The molecule has 0 saturated carbocycles. The Balaban J connectivity index is 2.68. The third-order valence-corrected chi connectivity index (χ3v) is 3.67. The lowest BCUT2D eigenvalue weighted by Gasteiger charge is -2.28. The molecule has 1 rings (SSSR count). The van der Waals surface area contributed by atoms with Gasteiger partial charge in [0.05, 0.1) is 0 Å². The van der Waals surface area contributed by atoms with Crippen LogP contribution in [0.1, 0.15) is 38.3 Å². The molecule has 0 saturated heterocycles. The lowest BCUT2D eigenvalue weighted by Crippen LogP contribution is -2.35. The molecule has 1 aromatic carbocycles. The monoisotopic (exact) mass is 300 g/mol. The van der Waals surface area contributed by atoms with E-state index in [0.29, 0.717) is 11.6 Å². The van der Waals surface area contributed by atoms with Gasteiger partial charge in [0.1, 0.15) is 11.6 Å². The third-order valence-electron chi connectivity index (χ3n) is 3.67. The molecule has 1 atom stereocenters. The molecule has 120 valence electrons. The summed E-state index contributed by atoms with van der Waals surface area (Å²) < 4.78 is 26.6. The molecule has 1 unspecified atom stereocenters. The van der Waals surface area contributed by atoms with Gasteiger partial charge in [0, 0.05) is 37.8 Å². The predicted molar refractivity (Wildman–Crippen MR) is 81.2 cm³/mol. The highest BCUT2D eigenvalue weighted by Crippen LogP contribution is 2.20. The molecule has 0 radical (unpaired) electrons. The lowest BCUT2D eigenvalue weighted by atomic mass is 10.0. The number of rotatable bonds is 9. The number of halogens is 2. The van der Waals surface area contributed by atoms with Gasteiger partial charge in [-0.3, -0.25) is 0 Å². The van der Waals surface area contributed by atoms with Gasteiger partial charge in [-0.25, -0.2) is 8.78 Å². The number of hydrogen-bond donors (Lipinski definition) is 2. The molecule has 5 heteroatoms. The number of aliphatic hydroxyl groups excluding tert-OH is 1. The van der Waals surface area contributed by atoms with Crippen LogP contribution < -0.4 is 5.32 Å². The van der Waals surface area contributed by atoms with Crippen LogP contribution >= 0.6 is 0 Å². The van der Waals surface area contributed by atoms with Gasteiger partial charge >= 0.3 is 0 Å². The van der Waals surface area contributed by atoms with Crippen LogP contribution in [-0.2, 0) is 0 Å². The maximum absolute atomic E-state index is 13.3. The minimum atomic E-state index is -0.550. The van der Waals surface area contributed by atoms with Crippen molar-refractivity contribution in [3.05, 3.63) is 35.4 Å². The van der Waals surface area contributed by atoms with Gasteiger partial charge in [-0.05, 0) is 51.4 Å². The molecule has 3 nitrogen and oxygen atoms in total.